The number of amides is 1. The Balaban J connectivity index is 1.70. The van der Waals surface area contributed by atoms with Crippen molar-refractivity contribution < 1.29 is 26.5 Å². The number of ether oxygens (including phenoxy) is 1. The van der Waals surface area contributed by atoms with Crippen molar-refractivity contribution in [2.24, 2.45) is 0 Å². The molecule has 0 aliphatic carbocycles. The van der Waals surface area contributed by atoms with Crippen LogP contribution in [0.15, 0.2) is 18.2 Å². The Morgan fingerprint density at radius 2 is 2.04 bits per heavy atom. The molecule has 2 heterocycles. The van der Waals surface area contributed by atoms with Crippen molar-refractivity contribution in [3.05, 3.63) is 24.0 Å². The number of cyclic esters (lactones) is 1. The monoisotopic (exact) mass is 358 g/mol. The van der Waals surface area contributed by atoms with Gasteiger partial charge >= 0.3 is 6.09 Å². The molecule has 0 saturated carbocycles. The molecule has 3 rings (SSSR count). The maximum Gasteiger partial charge on any atom is 0.414 e. The van der Waals surface area contributed by atoms with Crippen LogP contribution in [-0.2, 0) is 19.0 Å². The third-order valence-corrected chi connectivity index (χ3v) is 4.60. The van der Waals surface area contributed by atoms with Crippen LogP contribution in [-0.4, -0.2) is 53.1 Å². The number of halogens is 1. The van der Waals surface area contributed by atoms with Gasteiger partial charge in [0.05, 0.1) is 24.2 Å². The van der Waals surface area contributed by atoms with Crippen molar-refractivity contribution in [3.8, 4) is 0 Å². The molecular formula is C15H19FN2O5S. The summed E-state index contributed by atoms with van der Waals surface area (Å²) in [6, 6.07) is 4.62. The van der Waals surface area contributed by atoms with Gasteiger partial charge in [-0.3, -0.25) is 9.08 Å². The second kappa shape index (κ2) is 6.56. The van der Waals surface area contributed by atoms with E-state index in [1.807, 2.05) is 4.90 Å². The molecule has 132 valence electrons. The summed E-state index contributed by atoms with van der Waals surface area (Å²) in [5, 5.41) is 0. The van der Waals surface area contributed by atoms with Gasteiger partial charge in [-0.15, -0.1) is 0 Å². The van der Waals surface area contributed by atoms with Crippen molar-refractivity contribution in [3.63, 3.8) is 0 Å². The van der Waals surface area contributed by atoms with E-state index in [0.29, 0.717) is 11.4 Å². The van der Waals surface area contributed by atoms with Crippen molar-refractivity contribution in [2.45, 2.75) is 18.9 Å². The molecule has 1 aromatic rings. The number of hydrogen-bond donors (Lipinski definition) is 0. The highest BCUT2D eigenvalue weighted by Crippen LogP contribution is 2.29. The zero-order chi connectivity index (χ0) is 17.3. The molecule has 7 nitrogen and oxygen atoms in total. The van der Waals surface area contributed by atoms with Crippen LogP contribution in [0.5, 0.6) is 0 Å². The van der Waals surface area contributed by atoms with Crippen LogP contribution >= 0.6 is 0 Å². The molecule has 9 heteroatoms. The molecule has 0 aromatic heterocycles. The fraction of sp³-hybridized carbons (Fsp3) is 0.533. The highest BCUT2D eigenvalue weighted by molar-refractivity contribution is 7.85. The lowest BCUT2D eigenvalue weighted by Crippen LogP contribution is -2.27. The summed E-state index contributed by atoms with van der Waals surface area (Å²) in [6.07, 6.45) is 1.65. The topological polar surface area (TPSA) is 76.2 Å². The minimum Gasteiger partial charge on any atom is -0.441 e. The minimum atomic E-state index is -3.61. The zero-order valence-electron chi connectivity index (χ0n) is 13.3. The normalized spacial score (nSPS) is 21.4. The first-order valence-corrected chi connectivity index (χ1v) is 9.52. The number of benzene rings is 1. The number of carbonyl (C=O) groups is 1. The molecule has 2 saturated heterocycles. The average molecular weight is 358 g/mol. The third kappa shape index (κ3) is 3.78. The Labute approximate surface area is 140 Å². The lowest BCUT2D eigenvalue weighted by atomic mass is 10.2. The third-order valence-electron chi connectivity index (χ3n) is 4.03. The summed E-state index contributed by atoms with van der Waals surface area (Å²) in [4.78, 5) is 15.2. The Kier molecular flexibility index (Phi) is 4.64. The average Bonchev–Trinajstić information content (AvgIpc) is 3.14. The highest BCUT2D eigenvalue weighted by atomic mass is 32.2. The zero-order valence-corrected chi connectivity index (χ0v) is 14.1. The fourth-order valence-corrected chi connectivity index (χ4v) is 3.30. The Morgan fingerprint density at radius 1 is 1.33 bits per heavy atom. The number of nitrogens with zero attached hydrogens (tertiary/aromatic N) is 2. The van der Waals surface area contributed by atoms with Crippen molar-refractivity contribution in [1.29, 1.82) is 0 Å². The number of hydrogen-bond acceptors (Lipinski definition) is 6. The van der Waals surface area contributed by atoms with E-state index >= 15 is 0 Å². The predicted molar refractivity (Wildman–Crippen MR) is 86.3 cm³/mol. The molecule has 0 bridgehead atoms. The predicted octanol–water partition coefficient (Wildman–Crippen LogP) is 1.73. The SMILES string of the molecule is CS(=O)(=O)OC[C@H]1CN(c2ccc(N3CCCC3)c(F)c2)C(=O)O1. The number of anilines is 2. The molecule has 0 unspecified atom stereocenters. The quantitative estimate of drug-likeness (QED) is 0.746. The van der Waals surface area contributed by atoms with E-state index in [4.69, 9.17) is 4.74 Å². The first kappa shape index (κ1) is 17.0. The van der Waals surface area contributed by atoms with E-state index in [0.717, 1.165) is 32.2 Å². The molecule has 1 atom stereocenters. The van der Waals surface area contributed by atoms with Crippen LogP contribution in [0.4, 0.5) is 20.6 Å². The second-order valence-electron chi connectivity index (χ2n) is 5.93. The first-order chi connectivity index (χ1) is 11.3. The molecule has 1 amide bonds. The van der Waals surface area contributed by atoms with E-state index in [1.54, 1.807) is 12.1 Å². The van der Waals surface area contributed by atoms with Gasteiger partial charge in [0, 0.05) is 13.1 Å². The van der Waals surface area contributed by atoms with Gasteiger partial charge in [0.1, 0.15) is 18.5 Å². The fourth-order valence-electron chi connectivity index (χ4n) is 2.90. The van der Waals surface area contributed by atoms with Gasteiger partial charge in [0.15, 0.2) is 0 Å². The van der Waals surface area contributed by atoms with Gasteiger partial charge in [-0.05, 0) is 31.0 Å². The van der Waals surface area contributed by atoms with Gasteiger partial charge in [-0.1, -0.05) is 0 Å². The van der Waals surface area contributed by atoms with Crippen LogP contribution in [0.2, 0.25) is 0 Å². The molecule has 1 aromatic carbocycles. The number of rotatable bonds is 5. The Hall–Kier alpha value is -1.87. The summed E-state index contributed by atoms with van der Waals surface area (Å²) >= 11 is 0. The summed E-state index contributed by atoms with van der Waals surface area (Å²) in [7, 11) is -3.61. The molecule has 2 fully saturated rings. The molecular weight excluding hydrogens is 339 g/mol. The van der Waals surface area contributed by atoms with Crippen LogP contribution < -0.4 is 9.80 Å². The standard InChI is InChI=1S/C15H19FN2O5S/c1-24(20,21)22-10-12-9-18(15(19)23-12)11-4-5-14(13(16)8-11)17-6-2-3-7-17/h4-5,8,12H,2-3,6-7,9-10H2,1H3/t12-/m1/s1. The second-order valence-corrected chi connectivity index (χ2v) is 7.58. The molecule has 2 aliphatic heterocycles. The van der Waals surface area contributed by atoms with Gasteiger partial charge in [0.2, 0.25) is 0 Å². The van der Waals surface area contributed by atoms with E-state index in [9.17, 15) is 17.6 Å². The Morgan fingerprint density at radius 3 is 2.67 bits per heavy atom. The van der Waals surface area contributed by atoms with Gasteiger partial charge in [0.25, 0.3) is 10.1 Å². The molecule has 0 radical (unpaired) electrons. The van der Waals surface area contributed by atoms with Crippen LogP contribution in [0.3, 0.4) is 0 Å². The lowest BCUT2D eigenvalue weighted by Gasteiger charge is -2.20. The van der Waals surface area contributed by atoms with Gasteiger partial charge in [-0.25, -0.2) is 9.18 Å². The summed E-state index contributed by atoms with van der Waals surface area (Å²) in [5.74, 6) is -0.391. The Bertz CT molecular complexity index is 733. The highest BCUT2D eigenvalue weighted by Gasteiger charge is 2.33. The van der Waals surface area contributed by atoms with E-state index in [2.05, 4.69) is 4.18 Å². The smallest absolute Gasteiger partial charge is 0.414 e. The molecule has 0 spiro atoms. The van der Waals surface area contributed by atoms with E-state index < -0.39 is 28.1 Å². The summed E-state index contributed by atoms with van der Waals surface area (Å²) in [6.45, 7) is 1.51. The maximum absolute atomic E-state index is 14.4. The molecule has 24 heavy (non-hydrogen) atoms. The molecule has 0 N–H and O–H groups in total. The van der Waals surface area contributed by atoms with Crippen molar-refractivity contribution in [1.82, 2.24) is 0 Å². The minimum absolute atomic E-state index is 0.108. The van der Waals surface area contributed by atoms with Crippen LogP contribution in [0.1, 0.15) is 12.8 Å². The van der Waals surface area contributed by atoms with Crippen molar-refractivity contribution >= 4 is 27.6 Å². The van der Waals surface area contributed by atoms with E-state index in [-0.39, 0.29) is 13.2 Å². The van der Waals surface area contributed by atoms with Crippen LogP contribution in [0, 0.1) is 5.82 Å². The number of carbonyl (C=O) groups excluding carboxylic acids is 1. The van der Waals surface area contributed by atoms with Gasteiger partial charge in [-0.2, -0.15) is 8.42 Å². The largest absolute Gasteiger partial charge is 0.441 e. The van der Waals surface area contributed by atoms with E-state index in [1.165, 1.54) is 11.0 Å². The molecule has 2 aliphatic rings. The van der Waals surface area contributed by atoms with Crippen molar-refractivity contribution in [2.75, 3.05) is 42.3 Å². The maximum atomic E-state index is 14.4. The summed E-state index contributed by atoms with van der Waals surface area (Å²) < 4.78 is 46.1. The lowest BCUT2D eigenvalue weighted by molar-refractivity contribution is 0.107. The van der Waals surface area contributed by atoms with Gasteiger partial charge < -0.3 is 9.64 Å². The summed E-state index contributed by atoms with van der Waals surface area (Å²) in [5.41, 5.74) is 0.906. The van der Waals surface area contributed by atoms with Crippen LogP contribution in [0.25, 0.3) is 0 Å². The first-order valence-electron chi connectivity index (χ1n) is 7.70.